The van der Waals surface area contributed by atoms with Gasteiger partial charge in [-0.2, -0.15) is 0 Å². The van der Waals surface area contributed by atoms with Gasteiger partial charge in [0, 0.05) is 35.4 Å². The summed E-state index contributed by atoms with van der Waals surface area (Å²) in [6.45, 7) is 1.14. The van der Waals surface area contributed by atoms with E-state index >= 15 is 0 Å². The van der Waals surface area contributed by atoms with Gasteiger partial charge < -0.3 is 9.64 Å². The molecule has 29 heavy (non-hydrogen) atoms. The maximum atomic E-state index is 12.8. The lowest BCUT2D eigenvalue weighted by molar-refractivity contribution is 0.313. The number of hydrogen-bond donors (Lipinski definition) is 0. The summed E-state index contributed by atoms with van der Waals surface area (Å²) in [7, 11) is -3.49. The molecule has 5 rings (SSSR count). The third kappa shape index (κ3) is 3.34. The highest BCUT2D eigenvalue weighted by Crippen LogP contribution is 2.40. The summed E-state index contributed by atoms with van der Waals surface area (Å²) >= 11 is 1.34. The van der Waals surface area contributed by atoms with Crippen molar-refractivity contribution in [2.75, 3.05) is 18.1 Å². The zero-order chi connectivity index (χ0) is 19.8. The maximum Gasteiger partial charge on any atom is 0.185 e. The highest BCUT2D eigenvalue weighted by Gasteiger charge is 2.25. The van der Waals surface area contributed by atoms with Crippen LogP contribution in [0.15, 0.2) is 71.3 Å². The molecule has 3 heterocycles. The summed E-state index contributed by atoms with van der Waals surface area (Å²) in [5, 5.41) is 4.50. The van der Waals surface area contributed by atoms with Gasteiger partial charge in [0.2, 0.25) is 0 Å². The van der Waals surface area contributed by atoms with E-state index in [1.54, 1.807) is 29.9 Å². The van der Waals surface area contributed by atoms with Crippen LogP contribution in [0.25, 0.3) is 10.8 Å². The van der Waals surface area contributed by atoms with Crippen molar-refractivity contribution in [3.8, 4) is 5.75 Å². The Balaban J connectivity index is 1.55. The Morgan fingerprint density at radius 3 is 2.90 bits per heavy atom. The number of rotatable bonds is 4. The normalized spacial score (nSPS) is 13.9. The molecule has 2 aromatic carbocycles. The molecule has 0 atom stereocenters. The molecule has 8 heteroatoms. The summed E-state index contributed by atoms with van der Waals surface area (Å²) in [5.74, 6) is 0.458. The van der Waals surface area contributed by atoms with Gasteiger partial charge in [-0.15, -0.1) is 11.3 Å². The van der Waals surface area contributed by atoms with Gasteiger partial charge in [0.05, 0.1) is 22.8 Å². The van der Waals surface area contributed by atoms with E-state index in [-0.39, 0.29) is 10.6 Å². The van der Waals surface area contributed by atoms with Crippen LogP contribution in [-0.2, 0) is 15.6 Å². The molecule has 1 aliphatic rings. The van der Waals surface area contributed by atoms with Crippen molar-refractivity contribution < 1.29 is 13.2 Å². The second-order valence-corrected chi connectivity index (χ2v) is 9.66. The molecule has 0 spiro atoms. The molecule has 6 nitrogen and oxygen atoms in total. The van der Waals surface area contributed by atoms with E-state index in [1.807, 2.05) is 30.5 Å². The van der Waals surface area contributed by atoms with Crippen molar-refractivity contribution in [1.82, 2.24) is 9.97 Å². The molecule has 146 valence electrons. The maximum absolute atomic E-state index is 12.8. The van der Waals surface area contributed by atoms with E-state index in [2.05, 4.69) is 20.9 Å². The van der Waals surface area contributed by atoms with Gasteiger partial charge in [-0.3, -0.25) is 4.98 Å². The lowest BCUT2D eigenvalue weighted by atomic mass is 10.1. The Kier molecular flexibility index (Phi) is 4.44. The number of anilines is 2. The van der Waals surface area contributed by atoms with Crippen molar-refractivity contribution in [2.24, 2.45) is 0 Å². The van der Waals surface area contributed by atoms with Crippen LogP contribution in [-0.4, -0.2) is 31.5 Å². The first-order valence-electron chi connectivity index (χ1n) is 9.10. The largest absolute Gasteiger partial charge is 0.489 e. The van der Waals surface area contributed by atoms with E-state index < -0.39 is 9.84 Å². The smallest absolute Gasteiger partial charge is 0.185 e. The summed E-state index contributed by atoms with van der Waals surface area (Å²) < 4.78 is 31.4. The highest BCUT2D eigenvalue weighted by atomic mass is 32.2. The van der Waals surface area contributed by atoms with Gasteiger partial charge in [-0.1, -0.05) is 12.1 Å². The number of nitrogens with zero attached hydrogens (tertiary/aromatic N) is 3. The van der Waals surface area contributed by atoms with Gasteiger partial charge in [0.1, 0.15) is 23.1 Å². The van der Waals surface area contributed by atoms with E-state index in [9.17, 15) is 8.42 Å². The Hall–Kier alpha value is -2.97. The van der Waals surface area contributed by atoms with Crippen LogP contribution < -0.4 is 9.64 Å². The lowest BCUT2D eigenvalue weighted by Gasteiger charge is -2.32. The van der Waals surface area contributed by atoms with Crippen molar-refractivity contribution in [3.63, 3.8) is 0 Å². The van der Waals surface area contributed by atoms with Gasteiger partial charge >= 0.3 is 0 Å². The predicted molar refractivity (Wildman–Crippen MR) is 114 cm³/mol. The fourth-order valence-corrected chi connectivity index (χ4v) is 5.81. The van der Waals surface area contributed by atoms with E-state index in [4.69, 9.17) is 4.74 Å². The number of benzene rings is 2. The number of aromatic nitrogens is 2. The molecule has 0 N–H and O–H groups in total. The molecular formula is C21H17N3O3S2. The molecule has 0 fully saturated rings. The van der Waals surface area contributed by atoms with Crippen molar-refractivity contribution in [2.45, 2.75) is 10.6 Å². The molecule has 0 unspecified atom stereocenters. The number of pyridine rings is 1. The molecule has 0 aliphatic carbocycles. The van der Waals surface area contributed by atoms with Crippen LogP contribution >= 0.6 is 11.3 Å². The SMILES string of the molecule is O=S(=O)(Cc1nccs1)c1ccc2c(c1)OCCN2c1cccc2ccncc12. The minimum atomic E-state index is -3.49. The number of fused-ring (bicyclic) bond motifs is 2. The molecule has 0 bridgehead atoms. The molecular weight excluding hydrogens is 406 g/mol. The minimum Gasteiger partial charge on any atom is -0.489 e. The molecule has 2 aromatic heterocycles. The monoisotopic (exact) mass is 423 g/mol. The van der Waals surface area contributed by atoms with Gasteiger partial charge in [0.25, 0.3) is 0 Å². The third-order valence-corrected chi connectivity index (χ3v) is 7.49. The Morgan fingerprint density at radius 2 is 2.03 bits per heavy atom. The van der Waals surface area contributed by atoms with Gasteiger partial charge in [-0.25, -0.2) is 13.4 Å². The number of ether oxygens (including phenoxy) is 1. The summed E-state index contributed by atoms with van der Waals surface area (Å²) in [5.41, 5.74) is 1.87. The topological polar surface area (TPSA) is 72.4 Å². The Labute approximate surface area is 172 Å². The molecule has 0 radical (unpaired) electrons. The van der Waals surface area contributed by atoms with Crippen LogP contribution in [0.4, 0.5) is 11.4 Å². The number of thiazole rings is 1. The average molecular weight is 424 g/mol. The van der Waals surface area contributed by atoms with Gasteiger partial charge in [-0.05, 0) is 29.7 Å². The standard InChI is InChI=1S/C21H17N3O3S2/c25-29(26,14-21-23-8-11-28-21)16-4-5-19-20(12-16)27-10-9-24(19)18-3-1-2-15-6-7-22-13-17(15)18/h1-8,11-13H,9-10,14H2. The fraction of sp³-hybridized carbons (Fsp3) is 0.143. The summed E-state index contributed by atoms with van der Waals surface area (Å²) in [4.78, 5) is 10.7. The number of sulfone groups is 1. The summed E-state index contributed by atoms with van der Waals surface area (Å²) in [6, 6.07) is 13.2. The Bertz CT molecular complexity index is 1280. The Morgan fingerprint density at radius 1 is 1.10 bits per heavy atom. The second kappa shape index (κ2) is 7.13. The zero-order valence-electron chi connectivity index (χ0n) is 15.4. The second-order valence-electron chi connectivity index (χ2n) is 6.69. The highest BCUT2D eigenvalue weighted by molar-refractivity contribution is 7.90. The van der Waals surface area contributed by atoms with Crippen molar-refractivity contribution in [3.05, 3.63) is 71.4 Å². The van der Waals surface area contributed by atoms with E-state index in [0.29, 0.717) is 23.9 Å². The molecule has 0 amide bonds. The van der Waals surface area contributed by atoms with Gasteiger partial charge in [0.15, 0.2) is 9.84 Å². The minimum absolute atomic E-state index is 0.109. The van der Waals surface area contributed by atoms with Crippen LogP contribution in [0, 0.1) is 0 Å². The zero-order valence-corrected chi connectivity index (χ0v) is 17.0. The fourth-order valence-electron chi connectivity index (χ4n) is 3.55. The van der Waals surface area contributed by atoms with Crippen LogP contribution in [0.1, 0.15) is 5.01 Å². The summed E-state index contributed by atoms with van der Waals surface area (Å²) in [6.07, 6.45) is 5.24. The lowest BCUT2D eigenvalue weighted by Crippen LogP contribution is -2.28. The van der Waals surface area contributed by atoms with Crippen LogP contribution in [0.5, 0.6) is 5.75 Å². The van der Waals surface area contributed by atoms with E-state index in [0.717, 1.165) is 22.1 Å². The molecule has 1 aliphatic heterocycles. The van der Waals surface area contributed by atoms with Crippen LogP contribution in [0.3, 0.4) is 0 Å². The number of hydrogen-bond acceptors (Lipinski definition) is 7. The first-order valence-corrected chi connectivity index (χ1v) is 11.6. The third-order valence-electron chi connectivity index (χ3n) is 4.90. The predicted octanol–water partition coefficient (Wildman–Crippen LogP) is 4.20. The molecule has 0 saturated carbocycles. The average Bonchev–Trinajstić information content (AvgIpc) is 3.25. The first-order chi connectivity index (χ1) is 14.1. The van der Waals surface area contributed by atoms with Crippen LogP contribution in [0.2, 0.25) is 0 Å². The quantitative estimate of drug-likeness (QED) is 0.490. The van der Waals surface area contributed by atoms with E-state index in [1.165, 1.54) is 11.3 Å². The molecule has 0 saturated heterocycles. The molecule has 4 aromatic rings. The first kappa shape index (κ1) is 18.1. The van der Waals surface area contributed by atoms with Crippen molar-refractivity contribution >= 4 is 43.3 Å². The van der Waals surface area contributed by atoms with Crippen molar-refractivity contribution in [1.29, 1.82) is 0 Å².